The van der Waals surface area contributed by atoms with Gasteiger partial charge in [-0.05, 0) is 39.2 Å². The molecule has 0 radical (unpaired) electrons. The molecular weight excluding hydrogens is 424 g/mol. The number of nitrogens with zero attached hydrogens (tertiary/aromatic N) is 1. The van der Waals surface area contributed by atoms with E-state index in [1.165, 1.54) is 6.92 Å². The molecule has 32 heavy (non-hydrogen) atoms. The number of carbonyl (C=O) groups is 5. The molecule has 10 N–H and O–H groups in total. The third kappa shape index (κ3) is 8.05. The van der Waals surface area contributed by atoms with E-state index in [0.717, 1.165) is 4.90 Å². The van der Waals surface area contributed by atoms with Crippen LogP contribution < -0.4 is 27.8 Å². The van der Waals surface area contributed by atoms with E-state index >= 15 is 0 Å². The van der Waals surface area contributed by atoms with Crippen LogP contribution >= 0.6 is 0 Å². The zero-order valence-corrected chi connectivity index (χ0v) is 18.2. The molecule has 1 fully saturated rings. The minimum atomic E-state index is -1.48. The Hall–Kier alpha value is -2.77. The first-order valence-electron chi connectivity index (χ1n) is 10.6. The molecule has 13 heteroatoms. The van der Waals surface area contributed by atoms with E-state index in [1.807, 2.05) is 0 Å². The van der Waals surface area contributed by atoms with Gasteiger partial charge in [-0.25, -0.2) is 4.79 Å². The first-order chi connectivity index (χ1) is 15.0. The summed E-state index contributed by atoms with van der Waals surface area (Å²) in [5.41, 5.74) is 16.4. The first kappa shape index (κ1) is 27.3. The molecule has 0 aromatic carbocycles. The van der Waals surface area contributed by atoms with Crippen LogP contribution in [0, 0.1) is 0 Å². The number of carboxylic acids is 1. The summed E-state index contributed by atoms with van der Waals surface area (Å²) >= 11 is 0. The van der Waals surface area contributed by atoms with Crippen LogP contribution in [0.15, 0.2) is 0 Å². The number of rotatable bonds is 13. The number of amides is 4. The average Bonchev–Trinajstić information content (AvgIpc) is 3.20. The van der Waals surface area contributed by atoms with Crippen molar-refractivity contribution in [2.45, 2.75) is 75.7 Å². The maximum atomic E-state index is 12.8. The summed E-state index contributed by atoms with van der Waals surface area (Å²) < 4.78 is 0. The van der Waals surface area contributed by atoms with Gasteiger partial charge in [-0.15, -0.1) is 0 Å². The summed E-state index contributed by atoms with van der Waals surface area (Å²) in [5.74, 6) is -4.46. The molecule has 5 unspecified atom stereocenters. The molecule has 0 spiro atoms. The highest BCUT2D eigenvalue weighted by molar-refractivity contribution is 5.96. The number of nitrogens with one attached hydrogen (secondary N) is 2. The summed E-state index contributed by atoms with van der Waals surface area (Å²) in [7, 11) is 0. The summed E-state index contributed by atoms with van der Waals surface area (Å²) in [6.07, 6.45) is 0.360. The van der Waals surface area contributed by atoms with Gasteiger partial charge < -0.3 is 42.9 Å². The lowest BCUT2D eigenvalue weighted by atomic mass is 10.1. The molecule has 1 rings (SSSR count). The van der Waals surface area contributed by atoms with Crippen LogP contribution in [0.25, 0.3) is 0 Å². The first-order valence-corrected chi connectivity index (χ1v) is 10.6. The van der Waals surface area contributed by atoms with Crippen molar-refractivity contribution in [1.29, 1.82) is 0 Å². The maximum Gasteiger partial charge on any atom is 0.326 e. The van der Waals surface area contributed by atoms with E-state index in [9.17, 15) is 34.2 Å². The van der Waals surface area contributed by atoms with E-state index in [4.69, 9.17) is 17.2 Å². The number of nitrogens with two attached hydrogens (primary N) is 3. The molecule has 1 heterocycles. The topological polar surface area (TPSA) is 231 Å². The van der Waals surface area contributed by atoms with E-state index in [-0.39, 0.29) is 13.0 Å². The number of aliphatic hydroxyl groups is 1. The van der Waals surface area contributed by atoms with Gasteiger partial charge in [0.2, 0.25) is 23.6 Å². The Labute approximate surface area is 186 Å². The van der Waals surface area contributed by atoms with Gasteiger partial charge in [-0.1, -0.05) is 6.42 Å². The molecule has 1 aliphatic rings. The average molecular weight is 459 g/mol. The zero-order valence-electron chi connectivity index (χ0n) is 18.2. The molecule has 0 aromatic heterocycles. The molecule has 1 saturated heterocycles. The predicted molar refractivity (Wildman–Crippen MR) is 113 cm³/mol. The molecule has 1 aliphatic heterocycles. The van der Waals surface area contributed by atoms with Crippen LogP contribution in [0.3, 0.4) is 0 Å². The Kier molecular flexibility index (Phi) is 11.0. The number of likely N-dealkylation sites (tertiary alicyclic amines) is 1. The van der Waals surface area contributed by atoms with Crippen molar-refractivity contribution >= 4 is 29.6 Å². The van der Waals surface area contributed by atoms with Crippen LogP contribution in [0.5, 0.6) is 0 Å². The molecule has 4 amide bonds. The fourth-order valence-electron chi connectivity index (χ4n) is 3.44. The highest BCUT2D eigenvalue weighted by Gasteiger charge is 2.40. The Bertz CT molecular complexity index is 702. The third-order valence-electron chi connectivity index (χ3n) is 5.21. The van der Waals surface area contributed by atoms with Crippen LogP contribution in [-0.2, 0) is 24.0 Å². The lowest BCUT2D eigenvalue weighted by Crippen LogP contribution is -2.60. The minimum Gasteiger partial charge on any atom is -0.480 e. The van der Waals surface area contributed by atoms with Crippen LogP contribution in [0.1, 0.15) is 45.4 Å². The molecule has 5 atom stereocenters. The lowest BCUT2D eigenvalue weighted by molar-refractivity contribution is -0.150. The van der Waals surface area contributed by atoms with Gasteiger partial charge in [0, 0.05) is 6.54 Å². The standard InChI is InChI=1S/C19H34N6O7/c1-10(26)15(18(30)25-8-4-6-13(25)19(31)32)24-17(29)12(9-14(22)27)23-16(28)11(21)5-2-3-7-20/h10-13,15,26H,2-9,20-21H2,1H3,(H2,22,27)(H,23,28)(H,24,29)(H,31,32). The van der Waals surface area contributed by atoms with Crippen LogP contribution in [0.2, 0.25) is 0 Å². The Morgan fingerprint density at radius 2 is 1.78 bits per heavy atom. The van der Waals surface area contributed by atoms with Crippen LogP contribution in [-0.4, -0.2) is 88.1 Å². The van der Waals surface area contributed by atoms with Crippen LogP contribution in [0.4, 0.5) is 0 Å². The SMILES string of the molecule is CC(O)C(NC(=O)C(CC(N)=O)NC(=O)C(N)CCCCN)C(=O)N1CCCC1C(=O)O. The third-order valence-corrected chi connectivity index (χ3v) is 5.21. The van der Waals surface area contributed by atoms with E-state index < -0.39 is 66.3 Å². The molecule has 0 aromatic rings. The highest BCUT2D eigenvalue weighted by atomic mass is 16.4. The number of primary amides is 1. The summed E-state index contributed by atoms with van der Waals surface area (Å²) in [6, 6.07) is -4.91. The summed E-state index contributed by atoms with van der Waals surface area (Å²) in [6.45, 7) is 1.85. The van der Waals surface area contributed by atoms with E-state index in [0.29, 0.717) is 32.2 Å². The minimum absolute atomic E-state index is 0.161. The predicted octanol–water partition coefficient (Wildman–Crippen LogP) is -3.26. The van der Waals surface area contributed by atoms with E-state index in [2.05, 4.69) is 10.6 Å². The molecule has 13 nitrogen and oxygen atoms in total. The largest absolute Gasteiger partial charge is 0.480 e. The molecule has 0 bridgehead atoms. The lowest BCUT2D eigenvalue weighted by Gasteiger charge is -2.30. The normalized spacial score (nSPS) is 19.5. The maximum absolute atomic E-state index is 12.8. The number of hydrogen-bond acceptors (Lipinski definition) is 8. The Morgan fingerprint density at radius 1 is 1.12 bits per heavy atom. The molecule has 0 aliphatic carbocycles. The number of unbranched alkanes of at least 4 members (excludes halogenated alkanes) is 1. The quantitative estimate of drug-likeness (QED) is 0.137. The highest BCUT2D eigenvalue weighted by Crippen LogP contribution is 2.19. The van der Waals surface area contributed by atoms with Crippen molar-refractivity contribution in [3.05, 3.63) is 0 Å². The van der Waals surface area contributed by atoms with Gasteiger partial charge in [0.1, 0.15) is 18.1 Å². The fraction of sp³-hybridized carbons (Fsp3) is 0.737. The van der Waals surface area contributed by atoms with Gasteiger partial charge in [-0.2, -0.15) is 0 Å². The van der Waals surface area contributed by atoms with E-state index in [1.54, 1.807) is 0 Å². The van der Waals surface area contributed by atoms with Gasteiger partial charge in [0.15, 0.2) is 0 Å². The number of carbonyl (C=O) groups excluding carboxylic acids is 4. The second-order valence-electron chi connectivity index (χ2n) is 7.88. The van der Waals surface area contributed by atoms with Gasteiger partial charge in [-0.3, -0.25) is 19.2 Å². The van der Waals surface area contributed by atoms with Crippen molar-refractivity contribution in [3.8, 4) is 0 Å². The molecule has 0 saturated carbocycles. The van der Waals surface area contributed by atoms with Crippen molar-refractivity contribution in [2.24, 2.45) is 17.2 Å². The van der Waals surface area contributed by atoms with Crippen molar-refractivity contribution < 1.29 is 34.2 Å². The van der Waals surface area contributed by atoms with Gasteiger partial charge in [0.05, 0.1) is 18.6 Å². The number of carboxylic acid groups (broad SMARTS) is 1. The number of aliphatic carboxylic acids is 1. The number of hydrogen-bond donors (Lipinski definition) is 7. The second kappa shape index (κ2) is 12.9. The Morgan fingerprint density at radius 3 is 2.31 bits per heavy atom. The Balaban J connectivity index is 2.90. The summed E-state index contributed by atoms with van der Waals surface area (Å²) in [4.78, 5) is 61.8. The van der Waals surface area contributed by atoms with Crippen molar-refractivity contribution in [1.82, 2.24) is 15.5 Å². The monoisotopic (exact) mass is 458 g/mol. The van der Waals surface area contributed by atoms with Crippen molar-refractivity contribution in [2.75, 3.05) is 13.1 Å². The van der Waals surface area contributed by atoms with Gasteiger partial charge >= 0.3 is 5.97 Å². The molecule has 182 valence electrons. The van der Waals surface area contributed by atoms with Crippen molar-refractivity contribution in [3.63, 3.8) is 0 Å². The molecular formula is C19H34N6O7. The number of aliphatic hydroxyl groups excluding tert-OH is 1. The fourth-order valence-corrected chi connectivity index (χ4v) is 3.44. The summed E-state index contributed by atoms with van der Waals surface area (Å²) in [5, 5.41) is 24.0. The second-order valence-corrected chi connectivity index (χ2v) is 7.88. The zero-order chi connectivity index (χ0) is 24.4. The van der Waals surface area contributed by atoms with Gasteiger partial charge in [0.25, 0.3) is 0 Å². The smallest absolute Gasteiger partial charge is 0.326 e.